The van der Waals surface area contributed by atoms with Gasteiger partial charge in [0.25, 0.3) is 0 Å². The Morgan fingerprint density at radius 2 is 1.89 bits per heavy atom. The van der Waals surface area contributed by atoms with Crippen molar-refractivity contribution in [1.29, 1.82) is 0 Å². The van der Waals surface area contributed by atoms with Gasteiger partial charge in [0.05, 0.1) is 6.54 Å². The van der Waals surface area contributed by atoms with E-state index in [1.165, 1.54) is 0 Å². The molecule has 19 heavy (non-hydrogen) atoms. The Kier molecular flexibility index (Phi) is 3.22. The van der Waals surface area contributed by atoms with Crippen LogP contribution in [0.3, 0.4) is 0 Å². The Bertz CT molecular complexity index is 774. The first kappa shape index (κ1) is 11.8. The van der Waals surface area contributed by atoms with Gasteiger partial charge in [0.15, 0.2) is 0 Å². The van der Waals surface area contributed by atoms with Crippen molar-refractivity contribution < 1.29 is 4.42 Å². The summed E-state index contributed by atoms with van der Waals surface area (Å²) in [5.41, 5.74) is 2.87. The van der Waals surface area contributed by atoms with Gasteiger partial charge in [0.1, 0.15) is 11.2 Å². The molecule has 2 nitrogen and oxygen atoms in total. The van der Waals surface area contributed by atoms with E-state index in [1.54, 1.807) is 0 Å². The molecule has 0 radical (unpaired) electrons. The van der Waals surface area contributed by atoms with E-state index in [2.05, 4.69) is 36.2 Å². The lowest BCUT2D eigenvalue weighted by molar-refractivity contribution is 0.669. The summed E-state index contributed by atoms with van der Waals surface area (Å²) in [6.45, 7) is 3.74. The van der Waals surface area contributed by atoms with Crippen molar-refractivity contribution in [1.82, 2.24) is 5.32 Å². The topological polar surface area (TPSA) is 25.2 Å². The van der Waals surface area contributed by atoms with Crippen LogP contribution in [0, 0.1) is 11.8 Å². The lowest BCUT2D eigenvalue weighted by Gasteiger charge is -1.92. The van der Waals surface area contributed by atoms with Crippen LogP contribution < -0.4 is 5.32 Å². The Hall–Kier alpha value is -2.24. The molecule has 0 spiro atoms. The summed E-state index contributed by atoms with van der Waals surface area (Å²) in [7, 11) is 0. The fourth-order valence-corrected chi connectivity index (χ4v) is 2.14. The van der Waals surface area contributed by atoms with Crippen LogP contribution in [0.2, 0.25) is 0 Å². The van der Waals surface area contributed by atoms with E-state index in [4.69, 9.17) is 4.42 Å². The fourth-order valence-electron chi connectivity index (χ4n) is 2.14. The van der Waals surface area contributed by atoms with Gasteiger partial charge in [-0.25, -0.2) is 0 Å². The zero-order valence-corrected chi connectivity index (χ0v) is 10.9. The van der Waals surface area contributed by atoms with Crippen LogP contribution in [0.4, 0.5) is 0 Å². The van der Waals surface area contributed by atoms with Gasteiger partial charge in [-0.2, -0.15) is 0 Å². The van der Waals surface area contributed by atoms with Crippen molar-refractivity contribution in [2.75, 3.05) is 13.1 Å². The van der Waals surface area contributed by atoms with Gasteiger partial charge in [-0.15, -0.1) is 0 Å². The van der Waals surface area contributed by atoms with E-state index >= 15 is 0 Å². The van der Waals surface area contributed by atoms with E-state index in [-0.39, 0.29) is 0 Å². The molecule has 0 saturated carbocycles. The minimum absolute atomic E-state index is 0.723. The molecular formula is C17H15NO. The predicted molar refractivity (Wildman–Crippen MR) is 79.1 cm³/mol. The summed E-state index contributed by atoms with van der Waals surface area (Å²) in [6.07, 6.45) is 0. The molecule has 3 rings (SSSR count). The molecule has 1 aromatic heterocycles. The fraction of sp³-hybridized carbons (Fsp3) is 0.176. The molecule has 0 saturated heterocycles. The number of benzene rings is 2. The second-order valence-corrected chi connectivity index (χ2v) is 4.39. The highest BCUT2D eigenvalue weighted by Gasteiger charge is 2.05. The second kappa shape index (κ2) is 5.17. The lowest BCUT2D eigenvalue weighted by Crippen LogP contribution is -2.11. The number of hydrogen-bond acceptors (Lipinski definition) is 2. The zero-order valence-electron chi connectivity index (χ0n) is 10.9. The lowest BCUT2D eigenvalue weighted by atomic mass is 10.1. The highest BCUT2D eigenvalue weighted by molar-refractivity contribution is 6.05. The van der Waals surface area contributed by atoms with Gasteiger partial charge in [-0.3, -0.25) is 0 Å². The molecule has 2 aromatic carbocycles. The smallest absolute Gasteiger partial charge is 0.135 e. The van der Waals surface area contributed by atoms with Gasteiger partial charge in [0, 0.05) is 16.3 Å². The Morgan fingerprint density at radius 3 is 2.79 bits per heavy atom. The van der Waals surface area contributed by atoms with E-state index < -0.39 is 0 Å². The second-order valence-electron chi connectivity index (χ2n) is 4.39. The summed E-state index contributed by atoms with van der Waals surface area (Å²) >= 11 is 0. The van der Waals surface area contributed by atoms with Gasteiger partial charge in [0.2, 0.25) is 0 Å². The third-order valence-corrected chi connectivity index (χ3v) is 3.07. The molecule has 0 atom stereocenters. The summed E-state index contributed by atoms with van der Waals surface area (Å²) in [5, 5.41) is 5.46. The van der Waals surface area contributed by atoms with Crippen molar-refractivity contribution in [3.63, 3.8) is 0 Å². The molecule has 1 heterocycles. The van der Waals surface area contributed by atoms with E-state index in [1.807, 2.05) is 30.3 Å². The standard InChI is InChI=1S/C17H15NO/c1-2-18-11-5-6-13-9-10-17-15(12-13)14-7-3-4-8-16(14)19-17/h3-4,7-10,12,18H,2,11H2,1H3. The predicted octanol–water partition coefficient (Wildman–Crippen LogP) is 3.55. The van der Waals surface area contributed by atoms with Crippen LogP contribution >= 0.6 is 0 Å². The summed E-state index contributed by atoms with van der Waals surface area (Å²) in [6, 6.07) is 14.2. The van der Waals surface area contributed by atoms with Crippen molar-refractivity contribution >= 4 is 21.9 Å². The number of furan rings is 1. The molecule has 94 valence electrons. The number of para-hydroxylation sites is 1. The quantitative estimate of drug-likeness (QED) is 0.555. The third kappa shape index (κ3) is 2.33. The molecule has 1 N–H and O–H groups in total. The van der Waals surface area contributed by atoms with Gasteiger partial charge in [-0.05, 0) is 30.8 Å². The Balaban J connectivity index is 2.03. The Morgan fingerprint density at radius 1 is 1.05 bits per heavy atom. The molecule has 0 fully saturated rings. The van der Waals surface area contributed by atoms with Crippen molar-refractivity contribution in [3.8, 4) is 11.8 Å². The molecule has 0 aliphatic heterocycles. The summed E-state index contributed by atoms with van der Waals surface area (Å²) in [5.74, 6) is 6.29. The van der Waals surface area contributed by atoms with Crippen LogP contribution in [-0.4, -0.2) is 13.1 Å². The molecule has 3 aromatic rings. The van der Waals surface area contributed by atoms with E-state index in [9.17, 15) is 0 Å². The summed E-state index contributed by atoms with van der Waals surface area (Å²) < 4.78 is 5.79. The molecule has 0 bridgehead atoms. The largest absolute Gasteiger partial charge is 0.456 e. The number of nitrogens with one attached hydrogen (secondary N) is 1. The SMILES string of the molecule is CCNCC#Cc1ccc2oc3ccccc3c2c1. The minimum Gasteiger partial charge on any atom is -0.456 e. The van der Waals surface area contributed by atoms with Crippen molar-refractivity contribution in [2.45, 2.75) is 6.92 Å². The minimum atomic E-state index is 0.723. The molecule has 0 amide bonds. The van der Waals surface area contributed by atoms with Crippen LogP contribution in [-0.2, 0) is 0 Å². The van der Waals surface area contributed by atoms with Crippen LogP contribution in [0.1, 0.15) is 12.5 Å². The summed E-state index contributed by atoms with van der Waals surface area (Å²) in [4.78, 5) is 0. The Labute approximate surface area is 112 Å². The first-order valence-corrected chi connectivity index (χ1v) is 6.49. The van der Waals surface area contributed by atoms with Gasteiger partial charge >= 0.3 is 0 Å². The average molecular weight is 249 g/mol. The first-order valence-electron chi connectivity index (χ1n) is 6.49. The normalized spacial score (nSPS) is 10.6. The molecule has 0 aliphatic rings. The molecule has 0 aliphatic carbocycles. The number of hydrogen-bond donors (Lipinski definition) is 1. The number of rotatable bonds is 2. The van der Waals surface area contributed by atoms with Crippen molar-refractivity contribution in [2.24, 2.45) is 0 Å². The van der Waals surface area contributed by atoms with Gasteiger partial charge < -0.3 is 9.73 Å². The highest BCUT2D eigenvalue weighted by Crippen LogP contribution is 2.28. The molecule has 0 unspecified atom stereocenters. The van der Waals surface area contributed by atoms with Gasteiger partial charge in [-0.1, -0.05) is 37.0 Å². The van der Waals surface area contributed by atoms with Crippen LogP contribution in [0.25, 0.3) is 21.9 Å². The maximum Gasteiger partial charge on any atom is 0.135 e. The maximum atomic E-state index is 5.79. The first-order chi connectivity index (χ1) is 9.38. The average Bonchev–Trinajstić information content (AvgIpc) is 2.82. The van der Waals surface area contributed by atoms with Crippen molar-refractivity contribution in [3.05, 3.63) is 48.0 Å². The third-order valence-electron chi connectivity index (χ3n) is 3.07. The highest BCUT2D eigenvalue weighted by atomic mass is 16.3. The van der Waals surface area contributed by atoms with Crippen LogP contribution in [0.15, 0.2) is 46.9 Å². The zero-order chi connectivity index (χ0) is 13.1. The van der Waals surface area contributed by atoms with Crippen LogP contribution in [0.5, 0.6) is 0 Å². The number of fused-ring (bicyclic) bond motifs is 3. The van der Waals surface area contributed by atoms with E-state index in [0.717, 1.165) is 40.6 Å². The maximum absolute atomic E-state index is 5.79. The molecular weight excluding hydrogens is 234 g/mol. The molecule has 2 heteroatoms. The monoisotopic (exact) mass is 249 g/mol. The van der Waals surface area contributed by atoms with E-state index in [0.29, 0.717) is 0 Å².